The molecule has 0 N–H and O–H groups in total. The van der Waals surface area contributed by atoms with Crippen LogP contribution in [-0.4, -0.2) is 23.4 Å². The van der Waals surface area contributed by atoms with Crippen molar-refractivity contribution in [3.8, 4) is 5.75 Å². The van der Waals surface area contributed by atoms with Crippen LogP contribution in [0.3, 0.4) is 0 Å². The molecule has 0 saturated heterocycles. The summed E-state index contributed by atoms with van der Waals surface area (Å²) in [4.78, 5) is 26.4. The van der Waals surface area contributed by atoms with E-state index in [1.54, 1.807) is 30.3 Å². The first kappa shape index (κ1) is 17.6. The van der Waals surface area contributed by atoms with Crippen molar-refractivity contribution in [2.24, 2.45) is 4.99 Å². The zero-order valence-electron chi connectivity index (χ0n) is 13.6. The van der Waals surface area contributed by atoms with Gasteiger partial charge in [0, 0.05) is 12.1 Å². The lowest BCUT2D eigenvalue weighted by atomic mass is 10.2. The SMILES string of the molecule is CCOc1ccc(C=C2N=C(c3ccc([N+](=O)[O-])cc3Cl)OC2=O)cc1. The number of cyclic esters (lactones) is 1. The molecule has 0 spiro atoms. The Balaban J connectivity index is 1.88. The molecule has 8 heteroatoms. The number of esters is 1. The second kappa shape index (κ2) is 7.37. The fourth-order valence-corrected chi connectivity index (χ4v) is 2.56. The quantitative estimate of drug-likeness (QED) is 0.342. The van der Waals surface area contributed by atoms with Crippen LogP contribution in [0.2, 0.25) is 5.02 Å². The number of benzene rings is 2. The zero-order valence-corrected chi connectivity index (χ0v) is 14.4. The van der Waals surface area contributed by atoms with Crippen LogP contribution in [-0.2, 0) is 9.53 Å². The zero-order chi connectivity index (χ0) is 18.7. The molecule has 2 aromatic carbocycles. The largest absolute Gasteiger partial charge is 0.494 e. The summed E-state index contributed by atoms with van der Waals surface area (Å²) in [6.07, 6.45) is 1.57. The summed E-state index contributed by atoms with van der Waals surface area (Å²) in [5.74, 6) is 0.112. The van der Waals surface area contributed by atoms with Crippen molar-refractivity contribution in [1.29, 1.82) is 0 Å². The second-order valence-corrected chi connectivity index (χ2v) is 5.67. The summed E-state index contributed by atoms with van der Waals surface area (Å²) in [6, 6.07) is 11.0. The van der Waals surface area contributed by atoms with Crippen molar-refractivity contribution >= 4 is 35.2 Å². The normalized spacial score (nSPS) is 14.9. The molecular formula is C18H13ClN2O5. The molecule has 0 aliphatic carbocycles. The van der Waals surface area contributed by atoms with E-state index in [2.05, 4.69) is 4.99 Å². The van der Waals surface area contributed by atoms with Gasteiger partial charge in [-0.05, 0) is 36.8 Å². The van der Waals surface area contributed by atoms with Gasteiger partial charge in [0.25, 0.3) is 5.69 Å². The number of nitro benzene ring substituents is 1. The van der Waals surface area contributed by atoms with Crippen molar-refractivity contribution in [3.05, 3.63) is 74.4 Å². The number of aliphatic imine (C=N–C) groups is 1. The standard InChI is InChI=1S/C18H13ClN2O5/c1-2-25-13-6-3-11(4-7-13)9-16-18(22)26-17(20-16)14-8-5-12(21(23)24)10-15(14)19/h3-10H,2H2,1H3. The number of halogens is 1. The van der Waals surface area contributed by atoms with Gasteiger partial charge in [-0.25, -0.2) is 9.79 Å². The lowest BCUT2D eigenvalue weighted by Gasteiger charge is -2.02. The molecule has 1 aliphatic heterocycles. The Hall–Kier alpha value is -3.19. The number of rotatable bonds is 5. The van der Waals surface area contributed by atoms with Crippen LogP contribution in [0.5, 0.6) is 5.75 Å². The van der Waals surface area contributed by atoms with E-state index in [-0.39, 0.29) is 22.3 Å². The van der Waals surface area contributed by atoms with Gasteiger partial charge in [-0.1, -0.05) is 23.7 Å². The predicted molar refractivity (Wildman–Crippen MR) is 96.3 cm³/mol. The van der Waals surface area contributed by atoms with Gasteiger partial charge in [0.05, 0.1) is 22.1 Å². The maximum absolute atomic E-state index is 12.0. The Labute approximate surface area is 153 Å². The maximum atomic E-state index is 12.0. The van der Waals surface area contributed by atoms with Crippen LogP contribution in [0.25, 0.3) is 6.08 Å². The van der Waals surface area contributed by atoms with E-state index in [0.717, 1.165) is 11.3 Å². The number of carbonyl (C=O) groups is 1. The van der Waals surface area contributed by atoms with E-state index in [9.17, 15) is 14.9 Å². The first-order valence-electron chi connectivity index (χ1n) is 7.67. The van der Waals surface area contributed by atoms with E-state index < -0.39 is 10.9 Å². The molecule has 0 amide bonds. The molecule has 0 aromatic heterocycles. The maximum Gasteiger partial charge on any atom is 0.363 e. The molecule has 0 fully saturated rings. The average Bonchev–Trinajstić information content (AvgIpc) is 2.97. The van der Waals surface area contributed by atoms with E-state index in [0.29, 0.717) is 12.2 Å². The molecule has 0 saturated carbocycles. The Bertz CT molecular complexity index is 935. The summed E-state index contributed by atoms with van der Waals surface area (Å²) >= 11 is 6.05. The van der Waals surface area contributed by atoms with Crippen molar-refractivity contribution < 1.29 is 19.2 Å². The topological polar surface area (TPSA) is 91.0 Å². The minimum atomic E-state index is -0.622. The average molecular weight is 373 g/mol. The Morgan fingerprint density at radius 2 is 2.00 bits per heavy atom. The lowest BCUT2D eigenvalue weighted by molar-refractivity contribution is -0.384. The molecule has 0 unspecified atom stereocenters. The third kappa shape index (κ3) is 3.73. The van der Waals surface area contributed by atoms with E-state index >= 15 is 0 Å². The summed E-state index contributed by atoms with van der Waals surface area (Å²) in [6.45, 7) is 2.46. The van der Waals surface area contributed by atoms with Crippen LogP contribution in [0.15, 0.2) is 53.2 Å². The van der Waals surface area contributed by atoms with Crippen LogP contribution < -0.4 is 4.74 Å². The molecule has 0 atom stereocenters. The van der Waals surface area contributed by atoms with Gasteiger partial charge in [-0.2, -0.15) is 0 Å². The van der Waals surface area contributed by atoms with Gasteiger partial charge < -0.3 is 9.47 Å². The predicted octanol–water partition coefficient (Wildman–Crippen LogP) is 3.99. The molecule has 26 heavy (non-hydrogen) atoms. The monoisotopic (exact) mass is 372 g/mol. The molecule has 1 heterocycles. The smallest absolute Gasteiger partial charge is 0.363 e. The molecule has 132 valence electrons. The number of nitro groups is 1. The van der Waals surface area contributed by atoms with Crippen LogP contribution >= 0.6 is 11.6 Å². The Morgan fingerprint density at radius 1 is 1.27 bits per heavy atom. The molecule has 0 radical (unpaired) electrons. The number of non-ortho nitro benzene ring substituents is 1. The highest BCUT2D eigenvalue weighted by Gasteiger charge is 2.26. The van der Waals surface area contributed by atoms with Crippen molar-refractivity contribution in [3.63, 3.8) is 0 Å². The molecule has 7 nitrogen and oxygen atoms in total. The van der Waals surface area contributed by atoms with Crippen molar-refractivity contribution in [1.82, 2.24) is 0 Å². The molecule has 3 rings (SSSR count). The Morgan fingerprint density at radius 3 is 2.62 bits per heavy atom. The number of ether oxygens (including phenoxy) is 2. The third-order valence-corrected chi connectivity index (χ3v) is 3.82. The lowest BCUT2D eigenvalue weighted by Crippen LogP contribution is -2.06. The minimum Gasteiger partial charge on any atom is -0.494 e. The molecule has 0 bridgehead atoms. The van der Waals surface area contributed by atoms with Crippen LogP contribution in [0, 0.1) is 10.1 Å². The van der Waals surface area contributed by atoms with Gasteiger partial charge in [0.15, 0.2) is 5.70 Å². The number of hydrogen-bond acceptors (Lipinski definition) is 6. The van der Waals surface area contributed by atoms with Crippen molar-refractivity contribution in [2.75, 3.05) is 6.61 Å². The van der Waals surface area contributed by atoms with Crippen molar-refractivity contribution in [2.45, 2.75) is 6.92 Å². The summed E-state index contributed by atoms with van der Waals surface area (Å²) in [5.41, 5.74) is 1.01. The molecule has 1 aliphatic rings. The van der Waals surface area contributed by atoms with Gasteiger partial charge in [0.1, 0.15) is 5.75 Å². The first-order valence-corrected chi connectivity index (χ1v) is 8.05. The summed E-state index contributed by atoms with van der Waals surface area (Å²) < 4.78 is 10.5. The highest BCUT2D eigenvalue weighted by atomic mass is 35.5. The van der Waals surface area contributed by atoms with Crippen LogP contribution in [0.4, 0.5) is 5.69 Å². The van der Waals surface area contributed by atoms with E-state index in [1.165, 1.54) is 18.2 Å². The number of carbonyl (C=O) groups excluding carboxylic acids is 1. The third-order valence-electron chi connectivity index (χ3n) is 3.51. The summed E-state index contributed by atoms with van der Waals surface area (Å²) in [7, 11) is 0. The molecular weight excluding hydrogens is 360 g/mol. The van der Waals surface area contributed by atoms with Crippen LogP contribution in [0.1, 0.15) is 18.1 Å². The van der Waals surface area contributed by atoms with Gasteiger partial charge >= 0.3 is 5.97 Å². The fraction of sp³-hybridized carbons (Fsp3) is 0.111. The second-order valence-electron chi connectivity index (χ2n) is 5.26. The highest BCUT2D eigenvalue weighted by Crippen LogP contribution is 2.27. The van der Waals surface area contributed by atoms with E-state index in [4.69, 9.17) is 21.1 Å². The highest BCUT2D eigenvalue weighted by molar-refractivity contribution is 6.34. The van der Waals surface area contributed by atoms with Gasteiger partial charge in [-0.3, -0.25) is 10.1 Å². The number of hydrogen-bond donors (Lipinski definition) is 0. The first-order chi connectivity index (χ1) is 12.5. The van der Waals surface area contributed by atoms with E-state index in [1.807, 2.05) is 6.92 Å². The van der Waals surface area contributed by atoms with Gasteiger partial charge in [-0.15, -0.1) is 0 Å². The minimum absolute atomic E-state index is 0.00656. The number of nitrogens with zero attached hydrogens (tertiary/aromatic N) is 2. The molecule has 2 aromatic rings. The van der Waals surface area contributed by atoms with Gasteiger partial charge in [0.2, 0.25) is 5.90 Å². The Kier molecular flexibility index (Phi) is 4.99. The summed E-state index contributed by atoms with van der Waals surface area (Å²) in [5, 5.41) is 10.8. The fourth-order valence-electron chi connectivity index (χ4n) is 2.30.